The normalized spacial score (nSPS) is 17.0. The highest BCUT2D eigenvalue weighted by atomic mass is 79.9. The molecule has 0 amide bonds. The van der Waals surface area contributed by atoms with Gasteiger partial charge in [-0.3, -0.25) is 0 Å². The number of thioether (sulfide) groups is 1. The molecule has 2 aromatic carbocycles. The topological polar surface area (TPSA) is 35.2 Å². The Morgan fingerprint density at radius 3 is 2.95 bits per heavy atom. The summed E-state index contributed by atoms with van der Waals surface area (Å²) in [5, 5.41) is 0.600. The van der Waals surface area contributed by atoms with Crippen LogP contribution in [0.4, 0.5) is 5.69 Å². The summed E-state index contributed by atoms with van der Waals surface area (Å²) in [4.78, 5) is 1.35. The molecule has 0 spiro atoms. The van der Waals surface area contributed by atoms with E-state index in [4.69, 9.17) is 22.1 Å². The highest BCUT2D eigenvalue weighted by Gasteiger charge is 2.23. The van der Waals surface area contributed by atoms with E-state index in [1.165, 1.54) is 10.5 Å². The van der Waals surface area contributed by atoms with Crippen molar-refractivity contribution >= 4 is 45.0 Å². The van der Waals surface area contributed by atoms with Crippen LogP contribution in [0.1, 0.15) is 11.5 Å². The minimum absolute atomic E-state index is 0.401. The van der Waals surface area contributed by atoms with Crippen molar-refractivity contribution in [3.8, 4) is 5.75 Å². The smallest absolute Gasteiger partial charge is 0.156 e. The quantitative estimate of drug-likeness (QED) is 0.776. The summed E-state index contributed by atoms with van der Waals surface area (Å²) in [7, 11) is 0. The van der Waals surface area contributed by atoms with Crippen molar-refractivity contribution in [2.45, 2.75) is 10.8 Å². The first-order chi connectivity index (χ1) is 9.65. The Kier molecular flexibility index (Phi) is 4.15. The molecule has 0 saturated carbocycles. The molecule has 1 heterocycles. The predicted molar refractivity (Wildman–Crippen MR) is 89.0 cm³/mol. The van der Waals surface area contributed by atoms with Crippen LogP contribution in [0.5, 0.6) is 5.75 Å². The van der Waals surface area contributed by atoms with Crippen molar-refractivity contribution < 1.29 is 4.74 Å². The van der Waals surface area contributed by atoms with Gasteiger partial charge in [0.05, 0.1) is 16.8 Å². The van der Waals surface area contributed by atoms with E-state index in [9.17, 15) is 0 Å². The van der Waals surface area contributed by atoms with Gasteiger partial charge in [-0.15, -0.1) is 11.8 Å². The van der Waals surface area contributed by atoms with Gasteiger partial charge in [0.2, 0.25) is 0 Å². The zero-order valence-corrected chi connectivity index (χ0v) is 13.8. The third kappa shape index (κ3) is 2.78. The van der Waals surface area contributed by atoms with Crippen molar-refractivity contribution in [1.29, 1.82) is 0 Å². The van der Waals surface area contributed by atoms with Gasteiger partial charge >= 0.3 is 0 Å². The molecule has 1 unspecified atom stereocenters. The molecule has 104 valence electrons. The molecule has 1 aliphatic heterocycles. The Morgan fingerprint density at radius 2 is 2.15 bits per heavy atom. The van der Waals surface area contributed by atoms with E-state index < -0.39 is 0 Å². The number of halogens is 2. The van der Waals surface area contributed by atoms with Crippen molar-refractivity contribution in [1.82, 2.24) is 0 Å². The zero-order chi connectivity index (χ0) is 14.1. The van der Waals surface area contributed by atoms with Gasteiger partial charge in [0.25, 0.3) is 0 Å². The first kappa shape index (κ1) is 14.1. The Balaban J connectivity index is 1.76. The standard InChI is InChI=1S/C15H13BrClNOS/c16-12-5-10(17)6-13(18)15(12)19-7-9-8-20-14-4-2-1-3-11(9)14/h1-6,9H,7-8,18H2. The van der Waals surface area contributed by atoms with Gasteiger partial charge in [-0.1, -0.05) is 29.8 Å². The van der Waals surface area contributed by atoms with Crippen LogP contribution in [0, 0.1) is 0 Å². The number of rotatable bonds is 3. The van der Waals surface area contributed by atoms with E-state index in [1.54, 1.807) is 12.1 Å². The number of hydrogen-bond acceptors (Lipinski definition) is 3. The number of anilines is 1. The Bertz CT molecular complexity index is 627. The molecule has 3 rings (SSSR count). The molecule has 0 fully saturated rings. The van der Waals surface area contributed by atoms with Crippen LogP contribution in [0.25, 0.3) is 0 Å². The fraction of sp³-hybridized carbons (Fsp3) is 0.200. The summed E-state index contributed by atoms with van der Waals surface area (Å²) >= 11 is 11.3. The maximum absolute atomic E-state index is 5.96. The summed E-state index contributed by atoms with van der Waals surface area (Å²) in [6, 6.07) is 12.0. The van der Waals surface area contributed by atoms with Gasteiger partial charge in [-0.05, 0) is 39.7 Å². The number of fused-ring (bicyclic) bond motifs is 1. The van der Waals surface area contributed by atoms with Crippen molar-refractivity contribution in [3.05, 3.63) is 51.5 Å². The second-order valence-electron chi connectivity index (χ2n) is 4.66. The second kappa shape index (κ2) is 5.88. The van der Waals surface area contributed by atoms with Gasteiger partial charge in [0.15, 0.2) is 5.75 Å². The zero-order valence-electron chi connectivity index (χ0n) is 10.6. The van der Waals surface area contributed by atoms with Gasteiger partial charge in [-0.25, -0.2) is 0 Å². The Morgan fingerprint density at radius 1 is 1.35 bits per heavy atom. The number of nitrogen functional groups attached to an aromatic ring is 1. The van der Waals surface area contributed by atoms with E-state index in [0.29, 0.717) is 29.0 Å². The average Bonchev–Trinajstić information content (AvgIpc) is 2.81. The lowest BCUT2D eigenvalue weighted by Gasteiger charge is -2.15. The van der Waals surface area contributed by atoms with Crippen molar-refractivity contribution in [2.75, 3.05) is 18.1 Å². The SMILES string of the molecule is Nc1cc(Cl)cc(Br)c1OCC1CSc2ccccc21. The maximum atomic E-state index is 5.96. The van der Waals surface area contributed by atoms with E-state index in [0.717, 1.165) is 10.2 Å². The monoisotopic (exact) mass is 369 g/mol. The van der Waals surface area contributed by atoms with Gasteiger partial charge in [0, 0.05) is 21.6 Å². The van der Waals surface area contributed by atoms with Gasteiger partial charge in [0.1, 0.15) is 0 Å². The molecule has 0 saturated heterocycles. The molecule has 2 N–H and O–H groups in total. The number of ether oxygens (including phenoxy) is 1. The summed E-state index contributed by atoms with van der Waals surface area (Å²) in [6.07, 6.45) is 0. The van der Waals surface area contributed by atoms with Crippen LogP contribution in [-0.2, 0) is 0 Å². The first-order valence-corrected chi connectivity index (χ1v) is 8.40. The van der Waals surface area contributed by atoms with Crippen molar-refractivity contribution in [3.63, 3.8) is 0 Å². The van der Waals surface area contributed by atoms with Crippen molar-refractivity contribution in [2.24, 2.45) is 0 Å². The molecule has 0 radical (unpaired) electrons. The third-order valence-corrected chi connectivity index (χ3v) is 5.32. The van der Waals surface area contributed by atoms with Crippen LogP contribution in [0.3, 0.4) is 0 Å². The summed E-state index contributed by atoms with van der Waals surface area (Å²) < 4.78 is 6.71. The average molecular weight is 371 g/mol. The summed E-state index contributed by atoms with van der Waals surface area (Å²) in [5.41, 5.74) is 7.88. The summed E-state index contributed by atoms with van der Waals surface area (Å²) in [5.74, 6) is 2.12. The minimum Gasteiger partial charge on any atom is -0.490 e. The second-order valence-corrected chi connectivity index (χ2v) is 7.02. The fourth-order valence-electron chi connectivity index (χ4n) is 2.28. The molecule has 2 aromatic rings. The lowest BCUT2D eigenvalue weighted by atomic mass is 10.0. The van der Waals surface area contributed by atoms with E-state index in [-0.39, 0.29) is 0 Å². The van der Waals surface area contributed by atoms with Crippen LogP contribution >= 0.6 is 39.3 Å². The molecule has 0 aromatic heterocycles. The highest BCUT2D eigenvalue weighted by molar-refractivity contribution is 9.10. The Hall–Kier alpha value is -0.840. The fourth-order valence-corrected chi connectivity index (χ4v) is 4.46. The largest absolute Gasteiger partial charge is 0.490 e. The number of benzene rings is 2. The summed E-state index contributed by atoms with van der Waals surface area (Å²) in [6.45, 7) is 0.619. The molecule has 0 bridgehead atoms. The number of hydrogen-bond donors (Lipinski definition) is 1. The molecule has 1 atom stereocenters. The lowest BCUT2D eigenvalue weighted by molar-refractivity contribution is 0.298. The highest BCUT2D eigenvalue weighted by Crippen LogP contribution is 2.41. The molecular formula is C15H13BrClNOS. The number of nitrogens with two attached hydrogens (primary N) is 1. The van der Waals surface area contributed by atoms with E-state index in [1.807, 2.05) is 11.8 Å². The lowest BCUT2D eigenvalue weighted by Crippen LogP contribution is -2.11. The van der Waals surface area contributed by atoms with Crippen LogP contribution in [-0.4, -0.2) is 12.4 Å². The molecule has 0 aliphatic carbocycles. The Labute approximate surface area is 135 Å². The predicted octanol–water partition coefficient (Wildman–Crippen LogP) is 4.95. The van der Waals surface area contributed by atoms with Crippen LogP contribution < -0.4 is 10.5 Å². The molecule has 5 heteroatoms. The van der Waals surface area contributed by atoms with E-state index in [2.05, 4.69) is 40.2 Å². The maximum Gasteiger partial charge on any atom is 0.156 e. The first-order valence-electron chi connectivity index (χ1n) is 6.24. The minimum atomic E-state index is 0.401. The molecule has 20 heavy (non-hydrogen) atoms. The third-order valence-electron chi connectivity index (χ3n) is 3.26. The molecular weight excluding hydrogens is 358 g/mol. The van der Waals surface area contributed by atoms with E-state index >= 15 is 0 Å². The van der Waals surface area contributed by atoms with Crippen LogP contribution in [0.2, 0.25) is 5.02 Å². The molecule has 2 nitrogen and oxygen atoms in total. The molecule has 1 aliphatic rings. The van der Waals surface area contributed by atoms with Gasteiger partial charge in [-0.2, -0.15) is 0 Å². The van der Waals surface area contributed by atoms with Gasteiger partial charge < -0.3 is 10.5 Å². The van der Waals surface area contributed by atoms with Crippen LogP contribution in [0.15, 0.2) is 45.8 Å².